The van der Waals surface area contributed by atoms with Gasteiger partial charge in [-0.2, -0.15) is 0 Å². The van der Waals surface area contributed by atoms with Gasteiger partial charge in [-0.05, 0) is 18.6 Å². The fourth-order valence-electron chi connectivity index (χ4n) is 2.39. The first kappa shape index (κ1) is 17.4. The van der Waals surface area contributed by atoms with Gasteiger partial charge in [-0.25, -0.2) is 0 Å². The van der Waals surface area contributed by atoms with Crippen LogP contribution in [0.25, 0.3) is 0 Å². The highest BCUT2D eigenvalue weighted by Gasteiger charge is 2.03. The van der Waals surface area contributed by atoms with Gasteiger partial charge in [0.2, 0.25) is 0 Å². The first-order chi connectivity index (χ1) is 9.83. The molecule has 114 valence electrons. The molecule has 1 atom stereocenters. The molecule has 0 fully saturated rings. The largest absolute Gasteiger partial charge is 0.384 e. The van der Waals surface area contributed by atoms with Gasteiger partial charge in [-0.1, -0.05) is 76.5 Å². The van der Waals surface area contributed by atoms with Gasteiger partial charge >= 0.3 is 0 Å². The van der Waals surface area contributed by atoms with E-state index in [0.29, 0.717) is 0 Å². The molecule has 1 unspecified atom stereocenters. The Labute approximate surface area is 130 Å². The average Bonchev–Trinajstić information content (AvgIpc) is 2.49. The van der Waals surface area contributed by atoms with E-state index in [4.69, 9.17) is 11.6 Å². The third kappa shape index (κ3) is 9.25. The molecule has 0 bridgehead atoms. The minimum Gasteiger partial charge on any atom is -0.384 e. The van der Waals surface area contributed by atoms with E-state index in [-0.39, 0.29) is 5.38 Å². The Hall–Kier alpha value is -0.690. The van der Waals surface area contributed by atoms with Crippen LogP contribution < -0.4 is 5.32 Å². The van der Waals surface area contributed by atoms with Gasteiger partial charge in [0.1, 0.15) is 0 Å². The Bertz CT molecular complexity index is 312. The van der Waals surface area contributed by atoms with Gasteiger partial charge in [-0.15, -0.1) is 11.6 Å². The van der Waals surface area contributed by atoms with Crippen LogP contribution in [0.2, 0.25) is 0 Å². The zero-order valence-electron chi connectivity index (χ0n) is 12.9. The molecule has 1 aromatic carbocycles. The third-order valence-electron chi connectivity index (χ3n) is 3.67. The van der Waals surface area contributed by atoms with Crippen molar-refractivity contribution in [3.63, 3.8) is 0 Å². The highest BCUT2D eigenvalue weighted by Crippen LogP contribution is 2.14. The summed E-state index contributed by atoms with van der Waals surface area (Å²) in [6.07, 6.45) is 12.0. The van der Waals surface area contributed by atoms with Crippen molar-refractivity contribution >= 4 is 17.3 Å². The second-order valence-electron chi connectivity index (χ2n) is 5.61. The number of rotatable bonds is 12. The molecule has 0 aliphatic rings. The number of anilines is 1. The van der Waals surface area contributed by atoms with Crippen molar-refractivity contribution in [1.82, 2.24) is 0 Å². The minimum absolute atomic E-state index is 0.246. The second kappa shape index (κ2) is 12.1. The third-order valence-corrected chi connectivity index (χ3v) is 4.04. The zero-order chi connectivity index (χ0) is 14.5. The van der Waals surface area contributed by atoms with E-state index in [2.05, 4.69) is 24.4 Å². The number of benzene rings is 1. The molecule has 1 aromatic rings. The van der Waals surface area contributed by atoms with Crippen molar-refractivity contribution in [2.24, 2.45) is 0 Å². The Balaban J connectivity index is 1.91. The van der Waals surface area contributed by atoms with Crippen LogP contribution in [0.3, 0.4) is 0 Å². The summed E-state index contributed by atoms with van der Waals surface area (Å²) in [5, 5.41) is 3.63. The van der Waals surface area contributed by atoms with Crippen molar-refractivity contribution in [2.75, 3.05) is 11.9 Å². The quantitative estimate of drug-likeness (QED) is 0.356. The molecule has 0 radical (unpaired) electrons. The normalized spacial score (nSPS) is 12.3. The van der Waals surface area contributed by atoms with E-state index in [9.17, 15) is 0 Å². The van der Waals surface area contributed by atoms with Crippen LogP contribution in [0.5, 0.6) is 0 Å². The number of hydrogen-bond donors (Lipinski definition) is 1. The summed E-state index contributed by atoms with van der Waals surface area (Å²) in [4.78, 5) is 0. The summed E-state index contributed by atoms with van der Waals surface area (Å²) < 4.78 is 0. The van der Waals surface area contributed by atoms with Crippen molar-refractivity contribution in [2.45, 2.75) is 70.1 Å². The number of para-hydroxylation sites is 1. The Kier molecular flexibility index (Phi) is 10.5. The van der Waals surface area contributed by atoms with Crippen LogP contribution in [-0.4, -0.2) is 11.9 Å². The van der Waals surface area contributed by atoms with Crippen LogP contribution in [0.1, 0.15) is 64.7 Å². The van der Waals surface area contributed by atoms with Crippen LogP contribution >= 0.6 is 11.6 Å². The first-order valence-corrected chi connectivity index (χ1v) is 8.69. The molecule has 1 nitrogen and oxygen atoms in total. The Morgan fingerprint density at radius 3 is 2.15 bits per heavy atom. The van der Waals surface area contributed by atoms with Crippen molar-refractivity contribution in [3.05, 3.63) is 30.3 Å². The van der Waals surface area contributed by atoms with Crippen molar-refractivity contribution < 1.29 is 0 Å². The molecule has 0 aliphatic carbocycles. The molecule has 0 amide bonds. The molecule has 2 heteroatoms. The standard InChI is InChI=1S/C18H30ClN/c1-2-3-4-5-6-7-8-10-13-17(19)16-20-18-14-11-9-12-15-18/h9,11-12,14-15,17,20H,2-8,10,13,16H2,1H3. The fraction of sp³-hybridized carbons (Fsp3) is 0.667. The maximum Gasteiger partial charge on any atom is 0.0508 e. The maximum atomic E-state index is 6.35. The smallest absolute Gasteiger partial charge is 0.0508 e. The number of hydrogen-bond acceptors (Lipinski definition) is 1. The van der Waals surface area contributed by atoms with Crippen LogP contribution in [0.4, 0.5) is 5.69 Å². The minimum atomic E-state index is 0.246. The van der Waals surface area contributed by atoms with Gasteiger partial charge in [0.15, 0.2) is 0 Å². The monoisotopic (exact) mass is 295 g/mol. The molecule has 0 aliphatic heterocycles. The first-order valence-electron chi connectivity index (χ1n) is 8.26. The molecule has 0 aromatic heterocycles. The van der Waals surface area contributed by atoms with E-state index in [1.807, 2.05) is 18.2 Å². The summed E-state index contributed by atoms with van der Waals surface area (Å²) in [5.41, 5.74) is 1.16. The summed E-state index contributed by atoms with van der Waals surface area (Å²) in [7, 11) is 0. The average molecular weight is 296 g/mol. The lowest BCUT2D eigenvalue weighted by Gasteiger charge is -2.11. The van der Waals surface area contributed by atoms with Crippen LogP contribution in [0.15, 0.2) is 30.3 Å². The van der Waals surface area contributed by atoms with E-state index in [1.165, 1.54) is 51.4 Å². The van der Waals surface area contributed by atoms with E-state index >= 15 is 0 Å². The molecular formula is C18H30ClN. The molecule has 1 N–H and O–H groups in total. The Morgan fingerprint density at radius 1 is 0.900 bits per heavy atom. The summed E-state index contributed by atoms with van der Waals surface area (Å²) in [6.45, 7) is 3.13. The van der Waals surface area contributed by atoms with Crippen LogP contribution in [-0.2, 0) is 0 Å². The molecule has 0 heterocycles. The SMILES string of the molecule is CCCCCCCCCCC(Cl)CNc1ccccc1. The summed E-state index contributed by atoms with van der Waals surface area (Å²) in [6, 6.07) is 10.3. The molecule has 1 rings (SSSR count). The molecule has 0 saturated carbocycles. The van der Waals surface area contributed by atoms with E-state index in [1.54, 1.807) is 0 Å². The highest BCUT2D eigenvalue weighted by molar-refractivity contribution is 6.20. The predicted molar refractivity (Wildman–Crippen MR) is 91.8 cm³/mol. The van der Waals surface area contributed by atoms with Gasteiger partial charge in [-0.3, -0.25) is 0 Å². The summed E-state index contributed by atoms with van der Waals surface area (Å²) >= 11 is 6.35. The maximum absolute atomic E-state index is 6.35. The highest BCUT2D eigenvalue weighted by atomic mass is 35.5. The van der Waals surface area contributed by atoms with Gasteiger partial charge in [0.05, 0.1) is 5.38 Å². The molecule has 0 spiro atoms. The molecule has 0 saturated heterocycles. The van der Waals surface area contributed by atoms with Gasteiger partial charge in [0, 0.05) is 12.2 Å². The zero-order valence-corrected chi connectivity index (χ0v) is 13.7. The van der Waals surface area contributed by atoms with Crippen LogP contribution in [0, 0.1) is 0 Å². The van der Waals surface area contributed by atoms with Gasteiger partial charge < -0.3 is 5.32 Å². The van der Waals surface area contributed by atoms with Crippen molar-refractivity contribution in [3.8, 4) is 0 Å². The number of alkyl halides is 1. The molecule has 20 heavy (non-hydrogen) atoms. The predicted octanol–water partition coefficient (Wildman–Crippen LogP) is 6.24. The van der Waals surface area contributed by atoms with E-state index < -0.39 is 0 Å². The second-order valence-corrected chi connectivity index (χ2v) is 6.22. The Morgan fingerprint density at radius 2 is 1.50 bits per heavy atom. The lowest BCUT2D eigenvalue weighted by atomic mass is 10.1. The van der Waals surface area contributed by atoms with Gasteiger partial charge in [0.25, 0.3) is 0 Å². The van der Waals surface area contributed by atoms with E-state index in [0.717, 1.165) is 18.7 Å². The van der Waals surface area contributed by atoms with Crippen molar-refractivity contribution in [1.29, 1.82) is 0 Å². The lowest BCUT2D eigenvalue weighted by Crippen LogP contribution is -2.14. The number of halogens is 1. The summed E-state index contributed by atoms with van der Waals surface area (Å²) in [5.74, 6) is 0. The lowest BCUT2D eigenvalue weighted by molar-refractivity contribution is 0.561. The number of nitrogens with one attached hydrogen (secondary N) is 1. The molecular weight excluding hydrogens is 266 g/mol. The topological polar surface area (TPSA) is 12.0 Å². The number of unbranched alkanes of at least 4 members (excludes halogenated alkanes) is 7. The fourth-order valence-corrected chi connectivity index (χ4v) is 2.62.